The molecule has 1 unspecified atom stereocenters. The SMILES string of the molecule is C=C/C=C(\C)C(O)CC1CN(c2ccc(C)c(C)c2)C1.CC. The Morgan fingerprint density at radius 1 is 1.32 bits per heavy atom. The van der Waals surface area contributed by atoms with Crippen molar-refractivity contribution in [2.75, 3.05) is 18.0 Å². The number of hydrogen-bond donors (Lipinski definition) is 1. The highest BCUT2D eigenvalue weighted by molar-refractivity contribution is 5.52. The van der Waals surface area contributed by atoms with Crippen molar-refractivity contribution in [3.05, 3.63) is 53.6 Å². The van der Waals surface area contributed by atoms with Gasteiger partial charge in [-0.1, -0.05) is 38.6 Å². The summed E-state index contributed by atoms with van der Waals surface area (Å²) in [7, 11) is 0. The van der Waals surface area contributed by atoms with Crippen molar-refractivity contribution in [3.8, 4) is 0 Å². The van der Waals surface area contributed by atoms with Gasteiger partial charge >= 0.3 is 0 Å². The summed E-state index contributed by atoms with van der Waals surface area (Å²) in [6.07, 6.45) is 4.14. The summed E-state index contributed by atoms with van der Waals surface area (Å²) in [5.41, 5.74) is 4.99. The van der Waals surface area contributed by atoms with Crippen molar-refractivity contribution in [3.63, 3.8) is 0 Å². The molecule has 2 rings (SSSR count). The fourth-order valence-electron chi connectivity index (χ4n) is 2.65. The summed E-state index contributed by atoms with van der Waals surface area (Å²) in [5.74, 6) is 0.583. The fourth-order valence-corrected chi connectivity index (χ4v) is 2.65. The number of benzene rings is 1. The van der Waals surface area contributed by atoms with E-state index in [1.165, 1.54) is 16.8 Å². The number of aliphatic hydroxyl groups is 1. The Hall–Kier alpha value is -1.54. The molecule has 1 atom stereocenters. The molecule has 122 valence electrons. The lowest BCUT2D eigenvalue weighted by Crippen LogP contribution is -2.48. The minimum Gasteiger partial charge on any atom is -0.389 e. The molecule has 0 aromatic heterocycles. The van der Waals surface area contributed by atoms with E-state index in [9.17, 15) is 5.11 Å². The molecule has 1 heterocycles. The van der Waals surface area contributed by atoms with Crippen LogP contribution in [0.5, 0.6) is 0 Å². The average Bonchev–Trinajstić information content (AvgIpc) is 2.47. The maximum Gasteiger partial charge on any atom is 0.0754 e. The molecule has 1 saturated heterocycles. The predicted octanol–water partition coefficient (Wildman–Crippen LogP) is 4.65. The molecule has 1 aromatic carbocycles. The van der Waals surface area contributed by atoms with Crippen LogP contribution < -0.4 is 4.90 Å². The van der Waals surface area contributed by atoms with Crippen LogP contribution in [0.3, 0.4) is 0 Å². The van der Waals surface area contributed by atoms with E-state index in [2.05, 4.69) is 43.5 Å². The lowest BCUT2D eigenvalue weighted by Gasteiger charge is -2.42. The Bertz CT molecular complexity index is 512. The second-order valence-corrected chi connectivity index (χ2v) is 5.94. The van der Waals surface area contributed by atoms with Gasteiger partial charge in [-0.2, -0.15) is 0 Å². The molecule has 1 aromatic rings. The lowest BCUT2D eigenvalue weighted by atomic mass is 9.90. The van der Waals surface area contributed by atoms with Gasteiger partial charge in [0, 0.05) is 18.8 Å². The van der Waals surface area contributed by atoms with E-state index in [4.69, 9.17) is 0 Å². The van der Waals surface area contributed by atoms with Crippen LogP contribution in [0.1, 0.15) is 38.3 Å². The molecular formula is C20H31NO. The van der Waals surface area contributed by atoms with E-state index in [0.29, 0.717) is 5.92 Å². The number of hydrogen-bond acceptors (Lipinski definition) is 2. The van der Waals surface area contributed by atoms with Crippen LogP contribution in [-0.4, -0.2) is 24.3 Å². The zero-order valence-electron chi connectivity index (χ0n) is 14.8. The predicted molar refractivity (Wildman–Crippen MR) is 97.5 cm³/mol. The largest absolute Gasteiger partial charge is 0.389 e. The molecule has 0 bridgehead atoms. The number of rotatable bonds is 5. The number of nitrogens with zero attached hydrogens (tertiary/aromatic N) is 1. The summed E-state index contributed by atoms with van der Waals surface area (Å²) >= 11 is 0. The standard InChI is InChI=1S/C18H25NO.C2H6/c1-5-6-14(3)18(20)10-16-11-19(12-16)17-8-7-13(2)15(4)9-17;1-2/h5-9,16,18,20H,1,10-12H2,2-4H3;1-2H3/b14-6+;. The van der Waals surface area contributed by atoms with Crippen LogP contribution in [0.2, 0.25) is 0 Å². The van der Waals surface area contributed by atoms with E-state index in [1.807, 2.05) is 26.8 Å². The first-order chi connectivity index (χ1) is 10.5. The van der Waals surface area contributed by atoms with E-state index in [1.54, 1.807) is 6.08 Å². The zero-order valence-corrected chi connectivity index (χ0v) is 14.8. The van der Waals surface area contributed by atoms with Crippen molar-refractivity contribution in [2.45, 2.75) is 47.1 Å². The Kier molecular flexibility index (Phi) is 7.40. The summed E-state index contributed by atoms with van der Waals surface area (Å²) in [6.45, 7) is 16.0. The molecule has 1 fully saturated rings. The zero-order chi connectivity index (χ0) is 16.7. The van der Waals surface area contributed by atoms with Gasteiger partial charge in [-0.15, -0.1) is 0 Å². The summed E-state index contributed by atoms with van der Waals surface area (Å²) in [6, 6.07) is 6.63. The first-order valence-electron chi connectivity index (χ1n) is 8.30. The van der Waals surface area contributed by atoms with Crippen LogP contribution in [0.15, 0.2) is 42.5 Å². The first-order valence-corrected chi connectivity index (χ1v) is 8.30. The topological polar surface area (TPSA) is 23.5 Å². The molecule has 1 N–H and O–H groups in total. The summed E-state index contributed by atoms with van der Waals surface area (Å²) in [5, 5.41) is 10.1. The van der Waals surface area contributed by atoms with Crippen LogP contribution >= 0.6 is 0 Å². The van der Waals surface area contributed by atoms with E-state index in [0.717, 1.165) is 25.1 Å². The van der Waals surface area contributed by atoms with E-state index >= 15 is 0 Å². The first kappa shape index (κ1) is 18.5. The molecular weight excluding hydrogens is 270 g/mol. The highest BCUT2D eigenvalue weighted by Crippen LogP contribution is 2.29. The van der Waals surface area contributed by atoms with Gasteiger partial charge in [0.25, 0.3) is 0 Å². The van der Waals surface area contributed by atoms with E-state index in [-0.39, 0.29) is 6.10 Å². The number of allylic oxidation sites excluding steroid dienone is 2. The smallest absolute Gasteiger partial charge is 0.0754 e. The van der Waals surface area contributed by atoms with Gasteiger partial charge in [0.05, 0.1) is 6.10 Å². The Balaban J connectivity index is 0.00000116. The third-order valence-corrected chi connectivity index (χ3v) is 4.28. The van der Waals surface area contributed by atoms with Gasteiger partial charge in [0.15, 0.2) is 0 Å². The number of anilines is 1. The van der Waals surface area contributed by atoms with Crippen molar-refractivity contribution in [2.24, 2.45) is 5.92 Å². The monoisotopic (exact) mass is 301 g/mol. The number of aliphatic hydroxyl groups excluding tert-OH is 1. The van der Waals surface area contributed by atoms with E-state index < -0.39 is 0 Å². The quantitative estimate of drug-likeness (QED) is 0.800. The second kappa shape index (κ2) is 8.79. The van der Waals surface area contributed by atoms with Crippen molar-refractivity contribution >= 4 is 5.69 Å². The lowest BCUT2D eigenvalue weighted by molar-refractivity contribution is 0.164. The third kappa shape index (κ3) is 4.74. The van der Waals surface area contributed by atoms with Crippen LogP contribution in [0.25, 0.3) is 0 Å². The van der Waals surface area contributed by atoms with Gasteiger partial charge in [-0.25, -0.2) is 0 Å². The van der Waals surface area contributed by atoms with Crippen LogP contribution in [-0.2, 0) is 0 Å². The third-order valence-electron chi connectivity index (χ3n) is 4.28. The molecule has 2 nitrogen and oxygen atoms in total. The Labute approximate surface area is 136 Å². The maximum atomic E-state index is 10.1. The molecule has 22 heavy (non-hydrogen) atoms. The highest BCUT2D eigenvalue weighted by atomic mass is 16.3. The molecule has 0 amide bonds. The molecule has 2 heteroatoms. The molecule has 0 saturated carbocycles. The summed E-state index contributed by atoms with van der Waals surface area (Å²) in [4.78, 5) is 2.39. The normalized spacial score (nSPS) is 16.5. The summed E-state index contributed by atoms with van der Waals surface area (Å²) < 4.78 is 0. The molecule has 0 radical (unpaired) electrons. The Morgan fingerprint density at radius 2 is 1.95 bits per heavy atom. The van der Waals surface area contributed by atoms with Gasteiger partial charge in [0.2, 0.25) is 0 Å². The van der Waals surface area contributed by atoms with Crippen LogP contribution in [0.4, 0.5) is 5.69 Å². The van der Waals surface area contributed by atoms with Gasteiger partial charge in [0.1, 0.15) is 0 Å². The molecule has 1 aliphatic rings. The Morgan fingerprint density at radius 3 is 2.50 bits per heavy atom. The van der Waals surface area contributed by atoms with Crippen molar-refractivity contribution in [1.82, 2.24) is 0 Å². The second-order valence-electron chi connectivity index (χ2n) is 5.94. The van der Waals surface area contributed by atoms with Crippen LogP contribution in [0, 0.1) is 19.8 Å². The average molecular weight is 301 g/mol. The van der Waals surface area contributed by atoms with Crippen molar-refractivity contribution < 1.29 is 5.11 Å². The minimum absolute atomic E-state index is 0.333. The molecule has 0 spiro atoms. The van der Waals surface area contributed by atoms with Gasteiger partial charge < -0.3 is 10.0 Å². The van der Waals surface area contributed by atoms with Crippen molar-refractivity contribution in [1.29, 1.82) is 0 Å². The fraction of sp³-hybridized carbons (Fsp3) is 0.500. The van der Waals surface area contributed by atoms with Gasteiger partial charge in [-0.3, -0.25) is 0 Å². The maximum absolute atomic E-state index is 10.1. The number of aryl methyl sites for hydroxylation is 2. The van der Waals surface area contributed by atoms with Gasteiger partial charge in [-0.05, 0) is 61.9 Å². The highest BCUT2D eigenvalue weighted by Gasteiger charge is 2.29. The molecule has 0 aliphatic carbocycles. The molecule has 1 aliphatic heterocycles. The minimum atomic E-state index is -0.333.